The monoisotopic (exact) mass is 814 g/mol. The first-order valence-corrected chi connectivity index (χ1v) is 22.6. The summed E-state index contributed by atoms with van der Waals surface area (Å²) >= 11 is 0. The number of pyridine rings is 2. The van der Waals surface area contributed by atoms with Crippen LogP contribution in [0.2, 0.25) is 0 Å². The van der Waals surface area contributed by atoms with Gasteiger partial charge in [0.15, 0.2) is 5.65 Å². The third kappa shape index (κ3) is 8.37. The molecular weight excluding hydrogens is 757 g/mol. The number of aromatic amines is 1. The molecular formula is C46H58N10O2S. The lowest BCUT2D eigenvalue weighted by Crippen LogP contribution is -2.34. The fraction of sp³-hybridized carbons (Fsp3) is 0.435. The zero-order valence-corrected chi connectivity index (χ0v) is 36.1. The van der Waals surface area contributed by atoms with Gasteiger partial charge >= 0.3 is 0 Å². The van der Waals surface area contributed by atoms with E-state index in [1.54, 1.807) is 41.3 Å². The summed E-state index contributed by atoms with van der Waals surface area (Å²) in [5.74, 6) is 1.07. The van der Waals surface area contributed by atoms with E-state index in [4.69, 9.17) is 4.98 Å². The molecule has 12 nitrogen and oxygen atoms in total. The quantitative estimate of drug-likeness (QED) is 0.146. The van der Waals surface area contributed by atoms with Crippen LogP contribution < -0.4 is 0 Å². The van der Waals surface area contributed by atoms with Crippen molar-refractivity contribution in [2.75, 3.05) is 27.2 Å². The van der Waals surface area contributed by atoms with Crippen LogP contribution in [-0.4, -0.2) is 96.0 Å². The van der Waals surface area contributed by atoms with Crippen molar-refractivity contribution in [1.29, 1.82) is 0 Å². The molecule has 13 heteroatoms. The summed E-state index contributed by atoms with van der Waals surface area (Å²) in [7, 11) is 4.48. The molecule has 2 saturated carbocycles. The van der Waals surface area contributed by atoms with Crippen LogP contribution >= 0.6 is 0 Å². The van der Waals surface area contributed by atoms with Crippen LogP contribution in [0.15, 0.2) is 96.9 Å². The molecule has 6 heterocycles. The maximum Gasteiger partial charge on any atom is 0.269 e. The first-order chi connectivity index (χ1) is 28.5. The Balaban J connectivity index is 0.000000172. The maximum absolute atomic E-state index is 13.5. The molecule has 6 aromatic heterocycles. The number of hydrogen-bond donors (Lipinski definition) is 1. The Kier molecular flexibility index (Phi) is 11.9. The maximum atomic E-state index is 13.5. The highest BCUT2D eigenvalue weighted by molar-refractivity contribution is 7.90. The molecule has 0 saturated heterocycles. The molecule has 0 amide bonds. The van der Waals surface area contributed by atoms with E-state index in [1.165, 1.54) is 64.6 Å². The van der Waals surface area contributed by atoms with Gasteiger partial charge in [-0.1, -0.05) is 32.0 Å². The van der Waals surface area contributed by atoms with E-state index in [-0.39, 0.29) is 4.90 Å². The molecule has 1 aromatic carbocycles. The van der Waals surface area contributed by atoms with E-state index in [9.17, 15) is 8.42 Å². The molecule has 0 aliphatic heterocycles. The third-order valence-corrected chi connectivity index (χ3v) is 14.8. The minimum Gasteiger partial charge on any atom is -0.346 e. The second kappa shape index (κ2) is 17.2. The zero-order chi connectivity index (χ0) is 41.3. The number of nitrogens with one attached hydrogen (secondary N) is 1. The fourth-order valence-corrected chi connectivity index (χ4v) is 10.6. The van der Waals surface area contributed by atoms with Gasteiger partial charge in [0.1, 0.15) is 5.65 Å². The lowest BCUT2D eigenvalue weighted by atomic mass is 9.81. The van der Waals surface area contributed by atoms with Gasteiger partial charge < -0.3 is 14.8 Å². The Morgan fingerprint density at radius 2 is 1.20 bits per heavy atom. The van der Waals surface area contributed by atoms with E-state index in [0.717, 1.165) is 59.7 Å². The van der Waals surface area contributed by atoms with E-state index < -0.39 is 10.0 Å². The standard InChI is InChI=1S/C26H31N5O2S.C20H27N5/c1-4-29(2)22-12-10-19(11-13-22)20-14-24-25(21-16-28-30(3)17-21)18-31(26(24)27-15-20)34(32,33)23-8-6-5-7-9-23;1-4-24(2)17-7-5-14(6-8-17)15-9-18-19(12-22-20(18)21-10-15)16-11-23-25(3)13-16/h5-9,14-19,22H,4,10-13H2,1-3H3;9-14,17H,4-8H2,1-3H3,(H,21,22). The summed E-state index contributed by atoms with van der Waals surface area (Å²) in [6, 6.07) is 14.4. The first kappa shape index (κ1) is 40.7. The van der Waals surface area contributed by atoms with Crippen molar-refractivity contribution < 1.29 is 8.42 Å². The van der Waals surface area contributed by atoms with Crippen molar-refractivity contribution >= 4 is 32.1 Å². The summed E-state index contributed by atoms with van der Waals surface area (Å²) in [6.07, 6.45) is 25.0. The Labute approximate surface area is 348 Å². The number of nitrogens with zero attached hydrogens (tertiary/aromatic N) is 9. The second-order valence-electron chi connectivity index (χ2n) is 16.6. The number of H-pyrrole nitrogens is 1. The van der Waals surface area contributed by atoms with Crippen molar-refractivity contribution in [3.63, 3.8) is 0 Å². The van der Waals surface area contributed by atoms with Crippen LogP contribution in [0.5, 0.6) is 0 Å². The Morgan fingerprint density at radius 3 is 1.73 bits per heavy atom. The molecule has 0 spiro atoms. The van der Waals surface area contributed by atoms with Gasteiger partial charge in [-0.3, -0.25) is 9.36 Å². The minimum absolute atomic E-state index is 0.244. The second-order valence-corrected chi connectivity index (χ2v) is 18.4. The highest BCUT2D eigenvalue weighted by Gasteiger charge is 2.28. The number of rotatable bonds is 10. The predicted molar refractivity (Wildman–Crippen MR) is 236 cm³/mol. The van der Waals surface area contributed by atoms with Gasteiger partial charge in [-0.15, -0.1) is 0 Å². The van der Waals surface area contributed by atoms with E-state index in [0.29, 0.717) is 23.5 Å². The molecule has 1 N–H and O–H groups in total. The zero-order valence-electron chi connectivity index (χ0n) is 35.3. The van der Waals surface area contributed by atoms with Gasteiger partial charge in [0.25, 0.3) is 10.0 Å². The largest absolute Gasteiger partial charge is 0.346 e. The predicted octanol–water partition coefficient (Wildman–Crippen LogP) is 8.59. The van der Waals surface area contributed by atoms with Gasteiger partial charge in [0.05, 0.1) is 17.3 Å². The van der Waals surface area contributed by atoms with Crippen molar-refractivity contribution in [3.05, 3.63) is 103 Å². The Hall–Kier alpha value is -5.11. The summed E-state index contributed by atoms with van der Waals surface area (Å²) in [5, 5.41) is 10.7. The van der Waals surface area contributed by atoms with Crippen molar-refractivity contribution in [2.45, 2.75) is 94.0 Å². The van der Waals surface area contributed by atoms with Crippen molar-refractivity contribution in [3.8, 4) is 22.3 Å². The molecule has 0 unspecified atom stereocenters. The summed E-state index contributed by atoms with van der Waals surface area (Å²) in [6.45, 7) is 6.66. The summed E-state index contributed by atoms with van der Waals surface area (Å²) in [4.78, 5) is 17.9. The number of benzene rings is 1. The molecule has 310 valence electrons. The molecule has 0 radical (unpaired) electrons. The van der Waals surface area contributed by atoms with Crippen LogP contribution in [0, 0.1) is 0 Å². The Morgan fingerprint density at radius 1 is 0.678 bits per heavy atom. The first-order valence-electron chi connectivity index (χ1n) is 21.2. The molecule has 2 aliphatic rings. The number of fused-ring (bicyclic) bond motifs is 2. The van der Waals surface area contributed by atoms with E-state index >= 15 is 0 Å². The molecule has 0 atom stereocenters. The van der Waals surface area contributed by atoms with Gasteiger partial charge in [-0.2, -0.15) is 10.2 Å². The van der Waals surface area contributed by atoms with Gasteiger partial charge in [0, 0.05) is 96.4 Å². The average molecular weight is 815 g/mol. The highest BCUT2D eigenvalue weighted by atomic mass is 32.2. The fourth-order valence-electron chi connectivity index (χ4n) is 9.26. The smallest absolute Gasteiger partial charge is 0.269 e. The Bertz CT molecular complexity index is 2610. The van der Waals surface area contributed by atoms with E-state index in [2.05, 4.69) is 82.4 Å². The van der Waals surface area contributed by atoms with Crippen LogP contribution in [-0.2, 0) is 24.1 Å². The van der Waals surface area contributed by atoms with Gasteiger partial charge in [0.2, 0.25) is 0 Å². The van der Waals surface area contributed by atoms with Crippen LogP contribution in [0.1, 0.15) is 88.2 Å². The van der Waals surface area contributed by atoms with Crippen molar-refractivity contribution in [2.24, 2.45) is 14.1 Å². The summed E-state index contributed by atoms with van der Waals surface area (Å²) < 4.78 is 31.9. The van der Waals surface area contributed by atoms with Gasteiger partial charge in [-0.25, -0.2) is 22.4 Å². The molecule has 0 bridgehead atoms. The van der Waals surface area contributed by atoms with Crippen LogP contribution in [0.4, 0.5) is 0 Å². The van der Waals surface area contributed by atoms with Crippen LogP contribution in [0.25, 0.3) is 44.3 Å². The number of aromatic nitrogens is 8. The molecule has 2 aliphatic carbocycles. The lowest BCUT2D eigenvalue weighted by Gasteiger charge is -2.34. The lowest BCUT2D eigenvalue weighted by molar-refractivity contribution is 0.190. The minimum atomic E-state index is -3.78. The topological polar surface area (TPSA) is 123 Å². The highest BCUT2D eigenvalue weighted by Crippen LogP contribution is 2.39. The normalized spacial score (nSPS) is 20.1. The molecule has 59 heavy (non-hydrogen) atoms. The average Bonchev–Trinajstić information content (AvgIpc) is 4.09. The molecule has 7 aromatic rings. The van der Waals surface area contributed by atoms with Gasteiger partial charge in [-0.05, 0) is 126 Å². The van der Waals surface area contributed by atoms with E-state index in [1.807, 2.05) is 49.6 Å². The molecule has 9 rings (SSSR count). The SMILES string of the molecule is CCN(C)C1CCC(c2cnc3[nH]cc(-c4cnn(C)c4)c3c2)CC1.CCN(C)C1CCC(c2cnc3c(c2)c(-c2cnn(C)c2)cn3S(=O)(=O)c2ccccc2)CC1. The molecule has 2 fully saturated rings. The van der Waals surface area contributed by atoms with Crippen molar-refractivity contribution in [1.82, 2.24) is 48.3 Å². The van der Waals surface area contributed by atoms with Crippen LogP contribution in [0.3, 0.4) is 0 Å². The number of hydrogen-bond acceptors (Lipinski definition) is 8. The number of aryl methyl sites for hydroxylation is 2. The summed E-state index contributed by atoms with van der Waals surface area (Å²) in [5.41, 5.74) is 8.02. The third-order valence-electron chi connectivity index (χ3n) is 13.1.